The van der Waals surface area contributed by atoms with Gasteiger partial charge in [-0.05, 0) is 55.5 Å². The van der Waals surface area contributed by atoms with E-state index in [-0.39, 0.29) is 22.8 Å². The molecule has 9 nitrogen and oxygen atoms in total. The van der Waals surface area contributed by atoms with Gasteiger partial charge in [0.25, 0.3) is 15.9 Å². The van der Waals surface area contributed by atoms with Crippen LogP contribution in [-0.2, 0) is 20.2 Å². The van der Waals surface area contributed by atoms with Crippen LogP contribution in [0.2, 0.25) is 0 Å². The predicted octanol–water partition coefficient (Wildman–Crippen LogP) is 1.85. The first-order chi connectivity index (χ1) is 15.7. The summed E-state index contributed by atoms with van der Waals surface area (Å²) in [4.78, 5) is 27.6. The molecular weight excluding hydrogens is 444 g/mol. The van der Waals surface area contributed by atoms with Crippen molar-refractivity contribution in [3.05, 3.63) is 53.3 Å². The molecule has 2 aromatic rings. The molecule has 0 unspecified atom stereocenters. The zero-order chi connectivity index (χ0) is 23.8. The summed E-state index contributed by atoms with van der Waals surface area (Å²) in [6, 6.07) is 11.7. The maximum atomic E-state index is 13.0. The van der Waals surface area contributed by atoms with Crippen LogP contribution in [-0.4, -0.2) is 62.7 Å². The number of benzene rings is 1. The molecule has 33 heavy (non-hydrogen) atoms. The standard InChI is InChI=1S/C23H26N4O5S/c1-26(2)33(30,31)20-9-8-19(32-20)21(28)27-12-4-7-18(27)15-25-22(29)23(10-11-23)17-6-3-5-16(13-17)14-24/h3,5-6,8-9,13,18H,4,7,10-12,15H2,1-2H3,(H,25,29)/t18-/m1/s1. The molecule has 1 aromatic heterocycles. The number of nitrogens with zero attached hydrogens (tertiary/aromatic N) is 3. The minimum atomic E-state index is -3.77. The van der Waals surface area contributed by atoms with Crippen molar-refractivity contribution in [1.29, 1.82) is 5.26 Å². The van der Waals surface area contributed by atoms with Crippen molar-refractivity contribution in [2.45, 2.75) is 42.2 Å². The van der Waals surface area contributed by atoms with Gasteiger partial charge in [0.1, 0.15) is 0 Å². The number of nitrogens with one attached hydrogen (secondary N) is 1. The van der Waals surface area contributed by atoms with Crippen LogP contribution < -0.4 is 5.32 Å². The smallest absolute Gasteiger partial charge is 0.289 e. The second-order valence-electron chi connectivity index (χ2n) is 8.69. The van der Waals surface area contributed by atoms with Gasteiger partial charge >= 0.3 is 0 Å². The molecule has 4 rings (SSSR count). The van der Waals surface area contributed by atoms with Gasteiger partial charge in [-0.25, -0.2) is 12.7 Å². The molecule has 2 amide bonds. The quantitative estimate of drug-likeness (QED) is 0.659. The van der Waals surface area contributed by atoms with E-state index in [1.165, 1.54) is 26.2 Å². The highest BCUT2D eigenvalue weighted by atomic mass is 32.2. The van der Waals surface area contributed by atoms with Gasteiger partial charge in [0.15, 0.2) is 5.76 Å². The van der Waals surface area contributed by atoms with Crippen LogP contribution in [0.5, 0.6) is 0 Å². The number of rotatable bonds is 7. The maximum Gasteiger partial charge on any atom is 0.289 e. The fourth-order valence-corrected chi connectivity index (χ4v) is 5.04. The number of furan rings is 1. The van der Waals surface area contributed by atoms with E-state index in [0.29, 0.717) is 18.7 Å². The first kappa shape index (κ1) is 23.0. The van der Waals surface area contributed by atoms with Crippen LogP contribution in [0.1, 0.15) is 47.4 Å². The SMILES string of the molecule is CN(C)S(=O)(=O)c1ccc(C(=O)N2CCC[C@@H]2CNC(=O)C2(c3cccc(C#N)c3)CC2)o1. The van der Waals surface area contributed by atoms with E-state index in [9.17, 15) is 18.0 Å². The number of nitriles is 1. The van der Waals surface area contributed by atoms with Crippen molar-refractivity contribution in [2.24, 2.45) is 0 Å². The average Bonchev–Trinajstić information content (AvgIpc) is 3.23. The molecular formula is C23H26N4O5S. The second kappa shape index (κ2) is 8.65. The number of sulfonamides is 1. The van der Waals surface area contributed by atoms with E-state index in [1.807, 2.05) is 6.07 Å². The zero-order valence-electron chi connectivity index (χ0n) is 18.6. The Hall–Kier alpha value is -3.16. The van der Waals surface area contributed by atoms with Crippen LogP contribution in [0, 0.1) is 11.3 Å². The number of amides is 2. The molecule has 1 saturated heterocycles. The highest BCUT2D eigenvalue weighted by Crippen LogP contribution is 2.48. The number of hydrogen-bond acceptors (Lipinski definition) is 6. The third-order valence-electron chi connectivity index (χ3n) is 6.39. The lowest BCUT2D eigenvalue weighted by atomic mass is 9.93. The minimum Gasteiger partial charge on any atom is -0.438 e. The van der Waals surface area contributed by atoms with Gasteiger partial charge in [-0.2, -0.15) is 5.26 Å². The van der Waals surface area contributed by atoms with Gasteiger partial charge in [0.05, 0.1) is 17.0 Å². The maximum absolute atomic E-state index is 13.0. The van der Waals surface area contributed by atoms with E-state index in [1.54, 1.807) is 23.1 Å². The molecule has 1 saturated carbocycles. The van der Waals surface area contributed by atoms with Crippen LogP contribution in [0.15, 0.2) is 45.9 Å². The van der Waals surface area contributed by atoms with E-state index in [2.05, 4.69) is 11.4 Å². The Morgan fingerprint density at radius 3 is 2.70 bits per heavy atom. The third kappa shape index (κ3) is 4.26. The Labute approximate surface area is 193 Å². The van der Waals surface area contributed by atoms with E-state index < -0.39 is 21.3 Å². The highest BCUT2D eigenvalue weighted by molar-refractivity contribution is 7.88. The first-order valence-electron chi connectivity index (χ1n) is 10.8. The molecule has 0 bridgehead atoms. The van der Waals surface area contributed by atoms with Crippen LogP contribution in [0.25, 0.3) is 0 Å². The topological polar surface area (TPSA) is 124 Å². The molecule has 2 fully saturated rings. The predicted molar refractivity (Wildman–Crippen MR) is 119 cm³/mol. The minimum absolute atomic E-state index is 0.0411. The number of carbonyl (C=O) groups is 2. The molecule has 1 aliphatic heterocycles. The molecule has 0 radical (unpaired) electrons. The van der Waals surface area contributed by atoms with Crippen molar-refractivity contribution >= 4 is 21.8 Å². The van der Waals surface area contributed by atoms with Crippen molar-refractivity contribution in [3.8, 4) is 6.07 Å². The molecule has 2 heterocycles. The summed E-state index contributed by atoms with van der Waals surface area (Å²) in [7, 11) is -0.989. The van der Waals surface area contributed by atoms with Crippen molar-refractivity contribution in [1.82, 2.24) is 14.5 Å². The summed E-state index contributed by atoms with van der Waals surface area (Å²) in [6.45, 7) is 0.805. The number of likely N-dealkylation sites (tertiary alicyclic amines) is 1. The normalized spacial score (nSPS) is 19.3. The molecule has 2 aliphatic rings. The summed E-state index contributed by atoms with van der Waals surface area (Å²) in [5.41, 5.74) is 0.744. The summed E-state index contributed by atoms with van der Waals surface area (Å²) in [6.07, 6.45) is 2.95. The van der Waals surface area contributed by atoms with Gasteiger partial charge in [-0.1, -0.05) is 12.1 Å². The van der Waals surface area contributed by atoms with Gasteiger partial charge < -0.3 is 14.6 Å². The van der Waals surface area contributed by atoms with Gasteiger partial charge in [0, 0.05) is 33.2 Å². The Morgan fingerprint density at radius 2 is 2.03 bits per heavy atom. The van der Waals surface area contributed by atoms with Crippen molar-refractivity contribution in [2.75, 3.05) is 27.2 Å². The highest BCUT2D eigenvalue weighted by Gasteiger charge is 2.51. The number of carbonyl (C=O) groups excluding carboxylic acids is 2. The molecule has 1 N–H and O–H groups in total. The molecule has 1 aliphatic carbocycles. The summed E-state index contributed by atoms with van der Waals surface area (Å²) >= 11 is 0. The Kier molecular flexibility index (Phi) is 6.03. The fraction of sp³-hybridized carbons (Fsp3) is 0.435. The molecule has 10 heteroatoms. The Balaban J connectivity index is 1.42. The lowest BCUT2D eigenvalue weighted by Gasteiger charge is -2.25. The molecule has 174 valence electrons. The van der Waals surface area contributed by atoms with Gasteiger partial charge in [-0.3, -0.25) is 9.59 Å². The van der Waals surface area contributed by atoms with Crippen LogP contribution in [0.3, 0.4) is 0 Å². The zero-order valence-corrected chi connectivity index (χ0v) is 19.4. The summed E-state index contributed by atoms with van der Waals surface area (Å²) in [5.74, 6) is -0.537. The largest absolute Gasteiger partial charge is 0.438 e. The van der Waals surface area contributed by atoms with Crippen molar-refractivity contribution < 1.29 is 22.4 Å². The lowest BCUT2D eigenvalue weighted by molar-refractivity contribution is -0.123. The van der Waals surface area contributed by atoms with E-state index >= 15 is 0 Å². The van der Waals surface area contributed by atoms with E-state index in [4.69, 9.17) is 9.68 Å². The first-order valence-corrected chi connectivity index (χ1v) is 12.3. The monoisotopic (exact) mass is 470 g/mol. The Bertz CT molecular complexity index is 1220. The Morgan fingerprint density at radius 1 is 1.27 bits per heavy atom. The van der Waals surface area contributed by atoms with E-state index in [0.717, 1.165) is 35.6 Å². The number of hydrogen-bond donors (Lipinski definition) is 1. The third-order valence-corrected chi connectivity index (χ3v) is 8.08. The second-order valence-corrected chi connectivity index (χ2v) is 10.8. The fourth-order valence-electron chi connectivity index (χ4n) is 4.25. The van der Waals surface area contributed by atoms with Crippen LogP contribution >= 0.6 is 0 Å². The lowest BCUT2D eigenvalue weighted by Crippen LogP contribution is -2.45. The molecule has 1 atom stereocenters. The van der Waals surface area contributed by atoms with Gasteiger partial charge in [-0.15, -0.1) is 0 Å². The van der Waals surface area contributed by atoms with Crippen LogP contribution in [0.4, 0.5) is 0 Å². The summed E-state index contributed by atoms with van der Waals surface area (Å²) in [5, 5.41) is 11.9. The molecule has 1 aromatic carbocycles. The average molecular weight is 471 g/mol. The summed E-state index contributed by atoms with van der Waals surface area (Å²) < 4.78 is 30.8. The van der Waals surface area contributed by atoms with Gasteiger partial charge in [0.2, 0.25) is 11.0 Å². The van der Waals surface area contributed by atoms with Crippen molar-refractivity contribution in [3.63, 3.8) is 0 Å². The molecule has 0 spiro atoms.